The maximum absolute atomic E-state index is 4.05. The molecule has 0 bridgehead atoms. The lowest BCUT2D eigenvalue weighted by Crippen LogP contribution is -2.27. The zero-order chi connectivity index (χ0) is 13.7. The SMILES string of the molecule is CC.CC1CCN(C(C)C)C1.CCCCCS. The minimum Gasteiger partial charge on any atom is -0.301 e. The van der Waals surface area contributed by atoms with Crippen LogP contribution in [-0.2, 0) is 0 Å². The van der Waals surface area contributed by atoms with Gasteiger partial charge in [0.2, 0.25) is 0 Å². The predicted octanol–water partition coefficient (Wildman–Crippen LogP) is 4.87. The van der Waals surface area contributed by atoms with E-state index in [2.05, 4.69) is 45.2 Å². The van der Waals surface area contributed by atoms with Gasteiger partial charge in [-0.05, 0) is 44.9 Å². The van der Waals surface area contributed by atoms with Crippen LogP contribution in [0.5, 0.6) is 0 Å². The lowest BCUT2D eigenvalue weighted by atomic mass is 10.2. The number of hydrogen-bond donors (Lipinski definition) is 1. The Labute approximate surface area is 116 Å². The lowest BCUT2D eigenvalue weighted by Gasteiger charge is -2.19. The molecule has 2 heteroatoms. The summed E-state index contributed by atoms with van der Waals surface area (Å²) in [5, 5.41) is 0. The van der Waals surface area contributed by atoms with Gasteiger partial charge < -0.3 is 4.90 Å². The van der Waals surface area contributed by atoms with E-state index in [-0.39, 0.29) is 0 Å². The summed E-state index contributed by atoms with van der Waals surface area (Å²) < 4.78 is 0. The molecule has 0 saturated carbocycles. The number of thiol groups is 1. The zero-order valence-electron chi connectivity index (χ0n) is 13.0. The van der Waals surface area contributed by atoms with Crippen molar-refractivity contribution in [1.82, 2.24) is 4.90 Å². The molecule has 1 rings (SSSR count). The minimum absolute atomic E-state index is 0.759. The molecule has 0 radical (unpaired) electrons. The topological polar surface area (TPSA) is 3.24 Å². The third kappa shape index (κ3) is 12.6. The standard InChI is InChI=1S/C8H17N.C5H12S.C2H6/c1-7(2)9-5-4-8(3)6-9;1-2-3-4-5-6;1-2/h7-8H,4-6H2,1-3H3;6H,2-5H2,1H3;1-2H3. The van der Waals surface area contributed by atoms with Gasteiger partial charge in [-0.1, -0.05) is 40.5 Å². The summed E-state index contributed by atoms with van der Waals surface area (Å²) in [6, 6.07) is 0.759. The van der Waals surface area contributed by atoms with Crippen molar-refractivity contribution in [3.63, 3.8) is 0 Å². The zero-order valence-corrected chi connectivity index (χ0v) is 13.9. The fraction of sp³-hybridized carbons (Fsp3) is 1.00. The summed E-state index contributed by atoms with van der Waals surface area (Å²) >= 11 is 4.05. The minimum atomic E-state index is 0.759. The van der Waals surface area contributed by atoms with E-state index in [0.717, 1.165) is 17.7 Å². The van der Waals surface area contributed by atoms with E-state index in [1.54, 1.807) is 0 Å². The Bertz CT molecular complexity index is 133. The highest BCUT2D eigenvalue weighted by Gasteiger charge is 2.19. The van der Waals surface area contributed by atoms with Crippen molar-refractivity contribution in [2.24, 2.45) is 5.92 Å². The molecule has 17 heavy (non-hydrogen) atoms. The van der Waals surface area contributed by atoms with Gasteiger partial charge in [-0.15, -0.1) is 0 Å². The number of hydrogen-bond acceptors (Lipinski definition) is 2. The maximum Gasteiger partial charge on any atom is 0.00387 e. The van der Waals surface area contributed by atoms with E-state index < -0.39 is 0 Å². The van der Waals surface area contributed by atoms with Gasteiger partial charge >= 0.3 is 0 Å². The van der Waals surface area contributed by atoms with Crippen molar-refractivity contribution in [1.29, 1.82) is 0 Å². The average molecular weight is 262 g/mol. The van der Waals surface area contributed by atoms with Crippen molar-refractivity contribution < 1.29 is 0 Å². The molecule has 0 aromatic heterocycles. The first kappa shape index (κ1) is 19.6. The van der Waals surface area contributed by atoms with Crippen LogP contribution >= 0.6 is 12.6 Å². The van der Waals surface area contributed by atoms with E-state index in [0.29, 0.717) is 0 Å². The number of likely N-dealkylation sites (tertiary alicyclic amines) is 1. The van der Waals surface area contributed by atoms with Crippen molar-refractivity contribution in [2.45, 2.75) is 73.3 Å². The molecule has 1 atom stereocenters. The fourth-order valence-electron chi connectivity index (χ4n) is 1.80. The average Bonchev–Trinajstić information content (AvgIpc) is 2.77. The summed E-state index contributed by atoms with van der Waals surface area (Å²) in [6.45, 7) is 15.7. The van der Waals surface area contributed by atoms with Crippen molar-refractivity contribution in [3.8, 4) is 0 Å². The van der Waals surface area contributed by atoms with Crippen LogP contribution in [0.25, 0.3) is 0 Å². The molecule has 1 nitrogen and oxygen atoms in total. The first-order valence-corrected chi connectivity index (χ1v) is 8.09. The second-order valence-corrected chi connectivity index (χ2v) is 5.36. The maximum atomic E-state index is 4.05. The highest BCUT2D eigenvalue weighted by Crippen LogP contribution is 2.16. The van der Waals surface area contributed by atoms with Gasteiger partial charge in [0.15, 0.2) is 0 Å². The third-order valence-corrected chi connectivity index (χ3v) is 3.26. The Morgan fingerprint density at radius 3 is 2.00 bits per heavy atom. The van der Waals surface area contributed by atoms with E-state index >= 15 is 0 Å². The number of nitrogens with zero attached hydrogens (tertiary/aromatic N) is 1. The molecule has 0 N–H and O–H groups in total. The molecule has 1 aliphatic heterocycles. The molecular formula is C15H35NS. The first-order valence-electron chi connectivity index (χ1n) is 7.46. The Morgan fingerprint density at radius 2 is 1.82 bits per heavy atom. The van der Waals surface area contributed by atoms with Gasteiger partial charge in [0, 0.05) is 12.6 Å². The van der Waals surface area contributed by atoms with Gasteiger partial charge in [-0.2, -0.15) is 12.6 Å². The summed E-state index contributed by atoms with van der Waals surface area (Å²) in [4.78, 5) is 2.55. The van der Waals surface area contributed by atoms with Crippen LogP contribution in [0.4, 0.5) is 0 Å². The summed E-state index contributed by atoms with van der Waals surface area (Å²) in [5.41, 5.74) is 0. The second-order valence-electron chi connectivity index (χ2n) is 4.91. The fourth-order valence-corrected chi connectivity index (χ4v) is 2.02. The quantitative estimate of drug-likeness (QED) is 0.558. The van der Waals surface area contributed by atoms with Crippen LogP contribution in [0.1, 0.15) is 67.2 Å². The van der Waals surface area contributed by atoms with Crippen LogP contribution in [0.3, 0.4) is 0 Å². The van der Waals surface area contributed by atoms with Crippen LogP contribution in [0, 0.1) is 5.92 Å². The molecule has 1 fully saturated rings. The van der Waals surface area contributed by atoms with E-state index in [1.807, 2.05) is 13.8 Å². The molecule has 0 aromatic carbocycles. The molecule has 1 heterocycles. The Balaban J connectivity index is 0. The molecule has 106 valence electrons. The first-order chi connectivity index (χ1) is 8.11. The van der Waals surface area contributed by atoms with E-state index in [9.17, 15) is 0 Å². The summed E-state index contributed by atoms with van der Waals surface area (Å²) in [7, 11) is 0. The van der Waals surface area contributed by atoms with Crippen LogP contribution in [0.2, 0.25) is 0 Å². The van der Waals surface area contributed by atoms with Crippen molar-refractivity contribution in [2.75, 3.05) is 18.8 Å². The molecule has 0 aromatic rings. The molecule has 0 amide bonds. The summed E-state index contributed by atoms with van der Waals surface area (Å²) in [5.74, 6) is 1.99. The van der Waals surface area contributed by atoms with Gasteiger partial charge in [-0.25, -0.2) is 0 Å². The van der Waals surface area contributed by atoms with Gasteiger partial charge in [0.05, 0.1) is 0 Å². The van der Waals surface area contributed by atoms with Crippen LogP contribution in [-0.4, -0.2) is 29.8 Å². The molecular weight excluding hydrogens is 226 g/mol. The highest BCUT2D eigenvalue weighted by molar-refractivity contribution is 7.80. The van der Waals surface area contributed by atoms with Crippen molar-refractivity contribution >= 4 is 12.6 Å². The van der Waals surface area contributed by atoms with E-state index in [4.69, 9.17) is 0 Å². The molecule has 0 spiro atoms. The van der Waals surface area contributed by atoms with Crippen molar-refractivity contribution in [3.05, 3.63) is 0 Å². The molecule has 1 unspecified atom stereocenters. The smallest absolute Gasteiger partial charge is 0.00387 e. The molecule has 1 aliphatic rings. The van der Waals surface area contributed by atoms with Gasteiger partial charge in [0.1, 0.15) is 0 Å². The Morgan fingerprint density at radius 1 is 1.24 bits per heavy atom. The highest BCUT2D eigenvalue weighted by atomic mass is 32.1. The monoisotopic (exact) mass is 261 g/mol. The normalized spacial score (nSPS) is 19.4. The largest absolute Gasteiger partial charge is 0.301 e. The van der Waals surface area contributed by atoms with Gasteiger partial charge in [0.25, 0.3) is 0 Å². The molecule has 0 aliphatic carbocycles. The predicted molar refractivity (Wildman–Crippen MR) is 85.2 cm³/mol. The second kappa shape index (κ2) is 14.4. The third-order valence-electron chi connectivity index (χ3n) is 2.95. The molecule has 1 saturated heterocycles. The number of unbranched alkanes of at least 4 members (excludes halogenated alkanes) is 2. The van der Waals surface area contributed by atoms with Gasteiger partial charge in [-0.3, -0.25) is 0 Å². The Hall–Kier alpha value is 0.310. The van der Waals surface area contributed by atoms with Crippen LogP contribution < -0.4 is 0 Å². The lowest BCUT2D eigenvalue weighted by molar-refractivity contribution is 0.267. The van der Waals surface area contributed by atoms with E-state index in [1.165, 1.54) is 38.8 Å². The van der Waals surface area contributed by atoms with Crippen LogP contribution in [0.15, 0.2) is 0 Å². The summed E-state index contributed by atoms with van der Waals surface area (Å²) in [6.07, 6.45) is 5.32. The number of rotatable bonds is 4. The Kier molecular flexibility index (Phi) is 16.6.